The number of Topliss-reactive ketones (excluding diaryl/α,β-unsaturated/α-hetero) is 1. The summed E-state index contributed by atoms with van der Waals surface area (Å²) in [5.74, 6) is -4.40. The third-order valence-electron chi connectivity index (χ3n) is 0.604. The van der Waals surface area contributed by atoms with Gasteiger partial charge in [0.05, 0.1) is 0 Å². The number of carbonyl (C=O) groups is 2. The summed E-state index contributed by atoms with van der Waals surface area (Å²) < 4.78 is 20.1. The van der Waals surface area contributed by atoms with Crippen LogP contribution in [0.4, 0.5) is 0 Å². The molecule has 3 heteroatoms. The van der Waals surface area contributed by atoms with Crippen molar-refractivity contribution in [2.45, 2.75) is 13.8 Å². The molecule has 46 valence electrons. The van der Waals surface area contributed by atoms with E-state index in [1.807, 2.05) is 0 Å². The molecule has 0 heterocycles. The van der Waals surface area contributed by atoms with E-state index in [2.05, 4.69) is 0 Å². The molecule has 0 fully saturated rings. The summed E-state index contributed by atoms with van der Waals surface area (Å²) in [6.07, 6.45) is 0. The number of hydrogen-bond donors (Lipinski definition) is 1. The summed E-state index contributed by atoms with van der Waals surface area (Å²) in [6, 6.07) is 0. The second-order valence-electron chi connectivity index (χ2n) is 1.39. The Morgan fingerprint density at radius 1 is 1.75 bits per heavy atom. The molecule has 0 radical (unpaired) electrons. The lowest BCUT2D eigenvalue weighted by atomic mass is 10.9. The maximum absolute atomic E-state index is 10.5. The molecular weight excluding hydrogens is 112 g/mol. The predicted molar refractivity (Wildman–Crippen MR) is 27.5 cm³/mol. The summed E-state index contributed by atoms with van der Waals surface area (Å²) in [7, 11) is 0. The van der Waals surface area contributed by atoms with Crippen LogP contribution in [0.1, 0.15) is 17.9 Å². The Morgan fingerprint density at radius 2 is 2.25 bits per heavy atom. The van der Waals surface area contributed by atoms with Crippen LogP contribution in [0.5, 0.6) is 0 Å². The molecule has 1 atom stereocenters. The van der Waals surface area contributed by atoms with Crippen molar-refractivity contribution in [3.05, 3.63) is 0 Å². The van der Waals surface area contributed by atoms with Crippen LogP contribution in [0.15, 0.2) is 0 Å². The molecule has 0 saturated carbocycles. The van der Waals surface area contributed by atoms with Gasteiger partial charge in [0.15, 0.2) is 0 Å². The van der Waals surface area contributed by atoms with Gasteiger partial charge >= 0.3 is 5.97 Å². The third kappa shape index (κ3) is 1.73. The van der Waals surface area contributed by atoms with E-state index in [4.69, 9.17) is 9.22 Å². The minimum absolute atomic E-state index is 1.07. The highest BCUT2D eigenvalue weighted by molar-refractivity contribution is 6.33. The molecule has 0 aromatic carbocycles. The van der Waals surface area contributed by atoms with E-state index in [1.54, 1.807) is 0 Å². The van der Waals surface area contributed by atoms with Crippen molar-refractivity contribution in [3.8, 4) is 0 Å². The first-order chi connectivity index (χ1) is 4.76. The van der Waals surface area contributed by atoms with Crippen LogP contribution >= 0.6 is 0 Å². The molecule has 0 spiro atoms. The summed E-state index contributed by atoms with van der Waals surface area (Å²) in [6.45, 7) is -1.45. The van der Waals surface area contributed by atoms with E-state index >= 15 is 0 Å². The molecule has 0 rings (SSSR count). The zero-order chi connectivity index (χ0) is 9.23. The molecule has 0 bridgehead atoms. The SMILES string of the molecule is [2H]C([2H])([2H])[13CH]([13CH3])[13C](=O)[13C](=O)O. The molecule has 3 nitrogen and oxygen atoms in total. The average Bonchev–Trinajstić information content (AvgIpc) is 1.82. The van der Waals surface area contributed by atoms with Gasteiger partial charge in [-0.1, -0.05) is 13.8 Å². The number of ketones is 1. The van der Waals surface area contributed by atoms with Crippen molar-refractivity contribution in [2.24, 2.45) is 5.92 Å². The van der Waals surface area contributed by atoms with Crippen LogP contribution in [0.2, 0.25) is 0 Å². The fourth-order valence-corrected chi connectivity index (χ4v) is 0.185. The number of carbonyl (C=O) groups excluding carboxylic acids is 1. The van der Waals surface area contributed by atoms with Gasteiger partial charge in [-0.15, -0.1) is 0 Å². The smallest absolute Gasteiger partial charge is 0.372 e. The maximum Gasteiger partial charge on any atom is 0.372 e. The fraction of sp³-hybridized carbons (Fsp3) is 0.600. The van der Waals surface area contributed by atoms with Crippen molar-refractivity contribution >= 4 is 11.8 Å². The maximum atomic E-state index is 10.5. The van der Waals surface area contributed by atoms with Gasteiger partial charge in [-0.25, -0.2) is 4.79 Å². The highest BCUT2D eigenvalue weighted by Gasteiger charge is 2.14. The van der Waals surface area contributed by atoms with Crippen LogP contribution in [-0.4, -0.2) is 16.9 Å². The third-order valence-corrected chi connectivity index (χ3v) is 0.604. The fourth-order valence-electron chi connectivity index (χ4n) is 0.185. The molecule has 0 aliphatic heterocycles. The first kappa shape index (κ1) is 3.22. The minimum atomic E-state index is -2.52. The highest BCUT2D eigenvalue weighted by atomic mass is 16.5. The van der Waals surface area contributed by atoms with Gasteiger partial charge < -0.3 is 5.11 Å². The van der Waals surface area contributed by atoms with Crippen LogP contribution in [0.3, 0.4) is 0 Å². The monoisotopic (exact) mass is 123 g/mol. The molecule has 0 aliphatic carbocycles. The topological polar surface area (TPSA) is 54.4 Å². The Labute approximate surface area is 51.5 Å². The number of rotatable bonds is 2. The lowest BCUT2D eigenvalue weighted by molar-refractivity contribution is -0.150. The second-order valence-corrected chi connectivity index (χ2v) is 1.39. The van der Waals surface area contributed by atoms with Gasteiger partial charge in [-0.2, -0.15) is 0 Å². The first-order valence-electron chi connectivity index (χ1n) is 3.54. The van der Waals surface area contributed by atoms with Crippen molar-refractivity contribution in [1.82, 2.24) is 0 Å². The van der Waals surface area contributed by atoms with Gasteiger partial charge in [0, 0.05) is 10.0 Å². The van der Waals surface area contributed by atoms with Gasteiger partial charge in [0.2, 0.25) is 5.78 Å². The van der Waals surface area contributed by atoms with Crippen LogP contribution < -0.4 is 0 Å². The van der Waals surface area contributed by atoms with E-state index in [9.17, 15) is 9.59 Å². The van der Waals surface area contributed by atoms with E-state index in [0.717, 1.165) is 6.92 Å². The normalized spacial score (nSPS) is 19.9. The van der Waals surface area contributed by atoms with Crippen molar-refractivity contribution < 1.29 is 18.8 Å². The minimum Gasteiger partial charge on any atom is -0.475 e. The van der Waals surface area contributed by atoms with E-state index in [-0.39, 0.29) is 0 Å². The quantitative estimate of drug-likeness (QED) is 0.424. The van der Waals surface area contributed by atoms with Crippen molar-refractivity contribution in [1.29, 1.82) is 0 Å². The lowest BCUT2D eigenvalue weighted by Gasteiger charge is -1.93. The van der Waals surface area contributed by atoms with E-state index in [1.165, 1.54) is 0 Å². The summed E-state index contributed by atoms with van der Waals surface area (Å²) in [4.78, 5) is 20.5. The zero-order valence-electron chi connectivity index (χ0n) is 7.34. The highest BCUT2D eigenvalue weighted by Crippen LogP contribution is 1.92. The number of carboxylic acid groups (broad SMARTS) is 1. The van der Waals surface area contributed by atoms with Crippen molar-refractivity contribution in [2.75, 3.05) is 0 Å². The number of carboxylic acids is 1. The number of aliphatic carboxylic acids is 1. The average molecular weight is 123 g/mol. The van der Waals surface area contributed by atoms with Crippen molar-refractivity contribution in [3.63, 3.8) is 0 Å². The Bertz CT molecular complexity index is 184. The largest absolute Gasteiger partial charge is 0.475 e. The van der Waals surface area contributed by atoms with Crippen LogP contribution in [-0.2, 0) is 9.59 Å². The van der Waals surface area contributed by atoms with Gasteiger partial charge in [0.1, 0.15) is 0 Å². The molecule has 0 aromatic rings. The molecule has 0 aromatic heterocycles. The predicted octanol–water partition coefficient (Wildman–Crippen LogP) is 0.296. The molecule has 1 N–H and O–H groups in total. The Balaban J connectivity index is 4.38. The first-order valence-corrected chi connectivity index (χ1v) is 2.04. The molecule has 0 aliphatic rings. The Kier molecular flexibility index (Phi) is 0.986. The molecule has 0 amide bonds. The van der Waals surface area contributed by atoms with E-state index in [0.29, 0.717) is 0 Å². The Hall–Kier alpha value is -0.860. The number of hydrogen-bond acceptors (Lipinski definition) is 2. The van der Waals surface area contributed by atoms with Crippen LogP contribution in [0.25, 0.3) is 0 Å². The molecular formula is C5H8O3. The van der Waals surface area contributed by atoms with E-state index < -0.39 is 24.5 Å². The molecule has 1 unspecified atom stereocenters. The second kappa shape index (κ2) is 2.45. The summed E-state index contributed by atoms with van der Waals surface area (Å²) in [5.41, 5.74) is 0. The summed E-state index contributed by atoms with van der Waals surface area (Å²) in [5, 5.41) is 8.12. The lowest BCUT2D eigenvalue weighted by Crippen LogP contribution is -2.18. The zero-order valence-corrected chi connectivity index (χ0v) is 4.34. The molecule has 8 heavy (non-hydrogen) atoms. The van der Waals surface area contributed by atoms with Gasteiger partial charge in [-0.3, -0.25) is 4.79 Å². The Morgan fingerprint density at radius 3 is 2.38 bits per heavy atom. The van der Waals surface area contributed by atoms with Crippen LogP contribution in [0, 0.1) is 5.92 Å². The summed E-state index contributed by atoms with van der Waals surface area (Å²) >= 11 is 0. The van der Waals surface area contributed by atoms with Gasteiger partial charge in [0.25, 0.3) is 0 Å². The standard InChI is InChI=1S/C5H8O3/c1-3(2)4(6)5(7)8/h3H,1-2H3,(H,7,8)/i1D3,2+1,3+1,4+1,5+1. The van der Waals surface area contributed by atoms with Gasteiger partial charge in [-0.05, 0) is 0 Å². The molecule has 0 saturated heterocycles.